The van der Waals surface area contributed by atoms with Crippen molar-refractivity contribution >= 4 is 5.96 Å². The van der Waals surface area contributed by atoms with Crippen molar-refractivity contribution < 1.29 is 4.42 Å². The zero-order valence-electron chi connectivity index (χ0n) is 16.6. The fourth-order valence-electron chi connectivity index (χ4n) is 3.66. The summed E-state index contributed by atoms with van der Waals surface area (Å²) in [6.07, 6.45) is 4.14. The van der Waals surface area contributed by atoms with E-state index in [9.17, 15) is 0 Å². The topological polar surface area (TPSA) is 94.4 Å². The van der Waals surface area contributed by atoms with Gasteiger partial charge in [0.25, 0.3) is 0 Å². The molecule has 3 aromatic rings. The van der Waals surface area contributed by atoms with Gasteiger partial charge in [-0.25, -0.2) is 4.98 Å². The lowest BCUT2D eigenvalue weighted by Crippen LogP contribution is -2.42. The third-order valence-electron chi connectivity index (χ3n) is 5.15. The van der Waals surface area contributed by atoms with Crippen LogP contribution >= 0.6 is 0 Å². The van der Waals surface area contributed by atoms with Crippen molar-refractivity contribution in [2.45, 2.75) is 25.4 Å². The highest BCUT2D eigenvalue weighted by atomic mass is 16.3. The van der Waals surface area contributed by atoms with E-state index in [2.05, 4.69) is 66.0 Å². The number of nitrogens with one attached hydrogen (secondary N) is 3. The molecule has 1 saturated heterocycles. The largest absolute Gasteiger partial charge is 0.461 e. The summed E-state index contributed by atoms with van der Waals surface area (Å²) in [6, 6.07) is 14.7. The van der Waals surface area contributed by atoms with Crippen LogP contribution < -0.4 is 10.6 Å². The van der Waals surface area contributed by atoms with Gasteiger partial charge in [-0.1, -0.05) is 30.3 Å². The second-order valence-electron chi connectivity index (χ2n) is 7.06. The molecule has 0 amide bonds. The van der Waals surface area contributed by atoms with Crippen LogP contribution in [0.4, 0.5) is 0 Å². The third kappa shape index (κ3) is 4.83. The molecule has 1 unspecified atom stereocenters. The number of nitrogens with zero attached hydrogens (tertiary/aromatic N) is 4. The van der Waals surface area contributed by atoms with Crippen LogP contribution in [0.2, 0.25) is 0 Å². The van der Waals surface area contributed by atoms with E-state index >= 15 is 0 Å². The van der Waals surface area contributed by atoms with Crippen molar-refractivity contribution in [3.05, 3.63) is 60.1 Å². The number of H-pyrrole nitrogens is 1. The summed E-state index contributed by atoms with van der Waals surface area (Å²) < 4.78 is 5.33. The van der Waals surface area contributed by atoms with Gasteiger partial charge in [0.05, 0.1) is 18.8 Å². The number of aromatic nitrogens is 3. The van der Waals surface area contributed by atoms with Gasteiger partial charge in [0, 0.05) is 13.6 Å². The van der Waals surface area contributed by atoms with Gasteiger partial charge >= 0.3 is 0 Å². The Balaban J connectivity index is 1.34. The molecule has 1 atom stereocenters. The average molecular weight is 393 g/mol. The molecule has 0 radical (unpaired) electrons. The summed E-state index contributed by atoms with van der Waals surface area (Å²) in [5.41, 5.74) is 1.33. The number of aliphatic imine (C=N–C) groups is 1. The molecule has 1 aliphatic heterocycles. The monoisotopic (exact) mass is 393 g/mol. The van der Waals surface area contributed by atoms with Gasteiger partial charge in [-0.15, -0.1) is 5.10 Å². The molecule has 1 aliphatic rings. The van der Waals surface area contributed by atoms with E-state index in [1.807, 2.05) is 12.1 Å². The van der Waals surface area contributed by atoms with Gasteiger partial charge in [-0.3, -0.25) is 15.0 Å². The summed E-state index contributed by atoms with van der Waals surface area (Å²) >= 11 is 0. The van der Waals surface area contributed by atoms with E-state index in [4.69, 9.17) is 4.42 Å². The first kappa shape index (κ1) is 19.2. The minimum absolute atomic E-state index is 0.327. The number of hydrogen-bond acceptors (Lipinski definition) is 5. The molecule has 3 N–H and O–H groups in total. The predicted molar refractivity (Wildman–Crippen MR) is 112 cm³/mol. The molecule has 2 aromatic heterocycles. The van der Waals surface area contributed by atoms with E-state index in [0.29, 0.717) is 24.2 Å². The van der Waals surface area contributed by atoms with Crippen molar-refractivity contribution in [3.8, 4) is 11.6 Å². The van der Waals surface area contributed by atoms with Crippen LogP contribution in [0.1, 0.15) is 30.3 Å². The maximum absolute atomic E-state index is 5.33. The summed E-state index contributed by atoms with van der Waals surface area (Å²) in [4.78, 5) is 11.3. The Hall–Kier alpha value is -3.13. The normalized spacial score (nSPS) is 16.1. The maximum Gasteiger partial charge on any atom is 0.216 e. The molecule has 8 nitrogen and oxygen atoms in total. The van der Waals surface area contributed by atoms with Crippen molar-refractivity contribution in [2.24, 2.45) is 4.99 Å². The van der Waals surface area contributed by atoms with Gasteiger partial charge in [0.2, 0.25) is 5.82 Å². The summed E-state index contributed by atoms with van der Waals surface area (Å²) in [7, 11) is 1.78. The Morgan fingerprint density at radius 2 is 2.00 bits per heavy atom. The lowest BCUT2D eigenvalue weighted by molar-refractivity contribution is 0.245. The van der Waals surface area contributed by atoms with E-state index in [1.165, 1.54) is 18.4 Å². The Labute approximate surface area is 170 Å². The van der Waals surface area contributed by atoms with Crippen molar-refractivity contribution in [1.82, 2.24) is 30.7 Å². The summed E-state index contributed by atoms with van der Waals surface area (Å²) in [6.45, 7) is 3.56. The molecule has 4 rings (SSSR count). The van der Waals surface area contributed by atoms with Crippen LogP contribution in [0, 0.1) is 0 Å². The van der Waals surface area contributed by atoms with Gasteiger partial charge in [-0.2, -0.15) is 0 Å². The average Bonchev–Trinajstić information content (AvgIpc) is 3.53. The van der Waals surface area contributed by atoms with Gasteiger partial charge < -0.3 is 15.1 Å². The minimum atomic E-state index is 0.327. The third-order valence-corrected chi connectivity index (χ3v) is 5.15. The van der Waals surface area contributed by atoms with Crippen LogP contribution in [0.5, 0.6) is 0 Å². The molecule has 0 spiro atoms. The van der Waals surface area contributed by atoms with E-state index < -0.39 is 0 Å². The number of likely N-dealkylation sites (tertiary alicyclic amines) is 1. The number of furan rings is 1. The zero-order valence-corrected chi connectivity index (χ0v) is 16.6. The second kappa shape index (κ2) is 9.38. The van der Waals surface area contributed by atoms with Gasteiger partial charge in [-0.05, 0) is 43.6 Å². The Morgan fingerprint density at radius 3 is 2.72 bits per heavy atom. The van der Waals surface area contributed by atoms with Crippen molar-refractivity contribution in [1.29, 1.82) is 0 Å². The quantitative estimate of drug-likeness (QED) is 0.422. The molecule has 0 bridgehead atoms. The molecule has 0 saturated carbocycles. The molecule has 0 aliphatic carbocycles. The first-order chi connectivity index (χ1) is 14.3. The number of benzene rings is 1. The predicted octanol–water partition coefficient (Wildman–Crippen LogP) is 2.57. The maximum atomic E-state index is 5.33. The standard InChI is InChI=1S/C21H27N7O/c1-22-21(24-15-19-25-20(27-26-19)18-10-7-13-29-18)23-14-17(28-11-5-6-12-28)16-8-3-2-4-9-16/h2-4,7-10,13,17H,5-6,11-12,14-15H2,1H3,(H2,22,23,24)(H,25,26,27). The minimum Gasteiger partial charge on any atom is -0.461 e. The fourth-order valence-corrected chi connectivity index (χ4v) is 3.66. The highest BCUT2D eigenvalue weighted by Crippen LogP contribution is 2.24. The van der Waals surface area contributed by atoms with Gasteiger partial charge in [0.15, 0.2) is 11.7 Å². The number of hydrogen-bond donors (Lipinski definition) is 3. The molecule has 3 heterocycles. The fraction of sp³-hybridized carbons (Fsp3) is 0.381. The number of rotatable bonds is 7. The molecular formula is C21H27N7O. The van der Waals surface area contributed by atoms with Crippen LogP contribution in [0.25, 0.3) is 11.6 Å². The molecule has 1 aromatic carbocycles. The molecule has 1 fully saturated rings. The highest BCUT2D eigenvalue weighted by molar-refractivity contribution is 5.79. The summed E-state index contributed by atoms with van der Waals surface area (Å²) in [5.74, 6) is 2.65. The van der Waals surface area contributed by atoms with Crippen molar-refractivity contribution in [2.75, 3.05) is 26.7 Å². The molecule has 8 heteroatoms. The molecular weight excluding hydrogens is 366 g/mol. The smallest absolute Gasteiger partial charge is 0.216 e. The molecule has 29 heavy (non-hydrogen) atoms. The zero-order chi connectivity index (χ0) is 19.9. The SMILES string of the molecule is CN=C(NCc1nc(-c2ccco2)n[nH]1)NCC(c1ccccc1)N1CCCC1. The van der Waals surface area contributed by atoms with Crippen LogP contribution in [-0.4, -0.2) is 52.7 Å². The lowest BCUT2D eigenvalue weighted by atomic mass is 10.1. The summed E-state index contributed by atoms with van der Waals surface area (Å²) in [5, 5.41) is 13.9. The van der Waals surface area contributed by atoms with E-state index in [-0.39, 0.29) is 0 Å². The number of guanidine groups is 1. The Morgan fingerprint density at radius 1 is 1.17 bits per heavy atom. The Kier molecular flexibility index (Phi) is 6.21. The first-order valence-electron chi connectivity index (χ1n) is 10.0. The Bertz CT molecular complexity index is 898. The first-order valence-corrected chi connectivity index (χ1v) is 10.0. The number of aromatic amines is 1. The van der Waals surface area contributed by atoms with Crippen LogP contribution in [0.15, 0.2) is 58.1 Å². The second-order valence-corrected chi connectivity index (χ2v) is 7.06. The van der Waals surface area contributed by atoms with Crippen LogP contribution in [-0.2, 0) is 6.54 Å². The van der Waals surface area contributed by atoms with E-state index in [1.54, 1.807) is 13.3 Å². The van der Waals surface area contributed by atoms with Crippen molar-refractivity contribution in [3.63, 3.8) is 0 Å². The lowest BCUT2D eigenvalue weighted by Gasteiger charge is -2.28. The molecule has 152 valence electrons. The highest BCUT2D eigenvalue weighted by Gasteiger charge is 2.23. The van der Waals surface area contributed by atoms with E-state index in [0.717, 1.165) is 31.4 Å². The van der Waals surface area contributed by atoms with Crippen LogP contribution in [0.3, 0.4) is 0 Å². The van der Waals surface area contributed by atoms with Gasteiger partial charge in [0.1, 0.15) is 5.82 Å².